The maximum Gasteiger partial charge on any atom is 0.433 e. The van der Waals surface area contributed by atoms with E-state index in [4.69, 9.17) is 0 Å². The molecular formula is C17H27F3N6. The number of hydrogen-bond donors (Lipinski definition) is 2. The second-order valence-electron chi connectivity index (χ2n) is 6.89. The van der Waals surface area contributed by atoms with Crippen LogP contribution in [0.25, 0.3) is 0 Å². The first kappa shape index (κ1) is 20.3. The van der Waals surface area contributed by atoms with Crippen molar-refractivity contribution in [3.05, 3.63) is 18.0 Å². The van der Waals surface area contributed by atoms with Crippen LogP contribution in [0.1, 0.15) is 32.4 Å². The van der Waals surface area contributed by atoms with Gasteiger partial charge in [-0.2, -0.15) is 13.2 Å². The van der Waals surface area contributed by atoms with Crippen LogP contribution in [-0.2, 0) is 6.18 Å². The fourth-order valence-electron chi connectivity index (χ4n) is 3.17. The Morgan fingerprint density at radius 3 is 2.81 bits per heavy atom. The number of hydrogen-bond acceptors (Lipinski definition) is 4. The van der Waals surface area contributed by atoms with Gasteiger partial charge in [-0.15, -0.1) is 0 Å². The first-order chi connectivity index (χ1) is 12.3. The van der Waals surface area contributed by atoms with Gasteiger partial charge in [0.1, 0.15) is 5.69 Å². The molecule has 1 saturated heterocycles. The summed E-state index contributed by atoms with van der Waals surface area (Å²) >= 11 is 0. The van der Waals surface area contributed by atoms with E-state index in [1.54, 1.807) is 7.05 Å². The van der Waals surface area contributed by atoms with E-state index in [1.165, 1.54) is 6.42 Å². The topological polar surface area (TPSA) is 65.4 Å². The monoisotopic (exact) mass is 372 g/mol. The van der Waals surface area contributed by atoms with Gasteiger partial charge in [-0.1, -0.05) is 13.8 Å². The van der Waals surface area contributed by atoms with E-state index >= 15 is 0 Å². The van der Waals surface area contributed by atoms with Gasteiger partial charge in [0.25, 0.3) is 0 Å². The van der Waals surface area contributed by atoms with Gasteiger partial charge >= 0.3 is 6.18 Å². The number of aliphatic imine (C=N–C) groups is 1. The lowest BCUT2D eigenvalue weighted by molar-refractivity contribution is -0.141. The van der Waals surface area contributed by atoms with Gasteiger partial charge in [0.2, 0.25) is 5.95 Å². The average Bonchev–Trinajstić information content (AvgIpc) is 3.02. The molecular weight excluding hydrogens is 345 g/mol. The van der Waals surface area contributed by atoms with Crippen molar-refractivity contribution >= 4 is 11.9 Å². The molecule has 2 heterocycles. The summed E-state index contributed by atoms with van der Waals surface area (Å²) in [4.78, 5) is 13.8. The third kappa shape index (κ3) is 6.03. The number of halogens is 3. The van der Waals surface area contributed by atoms with Gasteiger partial charge in [0.05, 0.1) is 0 Å². The average molecular weight is 372 g/mol. The van der Waals surface area contributed by atoms with Gasteiger partial charge in [-0.25, -0.2) is 9.97 Å². The Bertz CT molecular complexity index is 602. The van der Waals surface area contributed by atoms with Crippen molar-refractivity contribution in [1.29, 1.82) is 0 Å². The lowest BCUT2D eigenvalue weighted by Crippen LogP contribution is -2.42. The summed E-state index contributed by atoms with van der Waals surface area (Å²) in [6.07, 6.45) is -0.997. The Morgan fingerprint density at radius 1 is 1.38 bits per heavy atom. The number of nitrogens with zero attached hydrogens (tertiary/aromatic N) is 4. The molecule has 1 fully saturated rings. The Morgan fingerprint density at radius 2 is 2.15 bits per heavy atom. The van der Waals surface area contributed by atoms with E-state index in [-0.39, 0.29) is 5.95 Å². The Kier molecular flexibility index (Phi) is 7.05. The van der Waals surface area contributed by atoms with E-state index in [0.29, 0.717) is 24.9 Å². The van der Waals surface area contributed by atoms with Crippen molar-refractivity contribution in [1.82, 2.24) is 20.2 Å². The number of rotatable bonds is 6. The maximum atomic E-state index is 12.6. The van der Waals surface area contributed by atoms with Crippen LogP contribution in [0.2, 0.25) is 0 Å². The maximum absolute atomic E-state index is 12.6. The molecule has 26 heavy (non-hydrogen) atoms. The summed E-state index contributed by atoms with van der Waals surface area (Å²) in [5.74, 6) is 2.16. The van der Waals surface area contributed by atoms with E-state index in [1.807, 2.05) is 0 Å². The Labute approximate surface area is 152 Å². The molecule has 146 valence electrons. The molecule has 1 atom stereocenters. The summed E-state index contributed by atoms with van der Waals surface area (Å²) in [7, 11) is 1.74. The number of likely N-dealkylation sites (tertiary alicyclic amines) is 1. The first-order valence-electron chi connectivity index (χ1n) is 8.89. The van der Waals surface area contributed by atoms with E-state index in [2.05, 4.69) is 44.3 Å². The minimum atomic E-state index is -4.47. The lowest BCUT2D eigenvalue weighted by atomic mass is 9.97. The molecule has 2 N–H and O–H groups in total. The third-order valence-electron chi connectivity index (χ3n) is 4.24. The second kappa shape index (κ2) is 9.05. The van der Waals surface area contributed by atoms with Crippen LogP contribution in [0.3, 0.4) is 0 Å². The highest BCUT2D eigenvalue weighted by Gasteiger charge is 2.32. The zero-order valence-corrected chi connectivity index (χ0v) is 15.5. The van der Waals surface area contributed by atoms with Crippen LogP contribution >= 0.6 is 0 Å². The van der Waals surface area contributed by atoms with Gasteiger partial charge in [0.15, 0.2) is 5.96 Å². The summed E-state index contributed by atoms with van der Waals surface area (Å²) in [6, 6.07) is 0.853. The number of alkyl halides is 3. The predicted octanol–water partition coefficient (Wildman–Crippen LogP) is 2.85. The molecule has 0 radical (unpaired) electrons. The largest absolute Gasteiger partial charge is 0.433 e. The fourth-order valence-corrected chi connectivity index (χ4v) is 3.17. The summed E-state index contributed by atoms with van der Waals surface area (Å²) < 4.78 is 37.9. The second-order valence-corrected chi connectivity index (χ2v) is 6.89. The molecule has 0 aromatic carbocycles. The van der Waals surface area contributed by atoms with E-state index in [0.717, 1.165) is 37.7 Å². The van der Waals surface area contributed by atoms with Gasteiger partial charge in [0, 0.05) is 39.4 Å². The number of guanidine groups is 1. The predicted molar refractivity (Wildman–Crippen MR) is 96.0 cm³/mol. The number of anilines is 1. The van der Waals surface area contributed by atoms with Crippen molar-refractivity contribution in [2.24, 2.45) is 16.8 Å². The molecule has 1 unspecified atom stereocenters. The van der Waals surface area contributed by atoms with Crippen LogP contribution < -0.4 is 10.6 Å². The normalized spacial score (nSPS) is 18.5. The van der Waals surface area contributed by atoms with E-state index in [9.17, 15) is 13.2 Å². The zero-order valence-electron chi connectivity index (χ0n) is 15.5. The van der Waals surface area contributed by atoms with Gasteiger partial charge in [-0.3, -0.25) is 4.99 Å². The standard InChI is InChI=1S/C17H27F3N6/c1-12(2)10-13-5-9-26(11-13)16(21-3)24-8-7-23-15-22-6-4-14(25-15)17(18,19)20/h4,6,12-13H,5,7-11H2,1-3H3,(H,21,24)(H,22,23,25). The highest BCUT2D eigenvalue weighted by atomic mass is 19.4. The number of nitrogens with one attached hydrogen (secondary N) is 2. The first-order valence-corrected chi connectivity index (χ1v) is 8.89. The minimum Gasteiger partial charge on any atom is -0.354 e. The van der Waals surface area contributed by atoms with Crippen molar-refractivity contribution in [2.45, 2.75) is 32.9 Å². The highest BCUT2D eigenvalue weighted by molar-refractivity contribution is 5.80. The zero-order chi connectivity index (χ0) is 19.2. The van der Waals surface area contributed by atoms with Crippen LogP contribution in [0.4, 0.5) is 19.1 Å². The molecule has 2 rings (SSSR count). The molecule has 1 aliphatic rings. The smallest absolute Gasteiger partial charge is 0.354 e. The van der Waals surface area contributed by atoms with Crippen LogP contribution in [0, 0.1) is 11.8 Å². The summed E-state index contributed by atoms with van der Waals surface area (Å²) in [5, 5.41) is 6.04. The molecule has 0 saturated carbocycles. The van der Waals surface area contributed by atoms with Gasteiger partial charge in [-0.05, 0) is 30.7 Å². The highest BCUT2D eigenvalue weighted by Crippen LogP contribution is 2.27. The van der Waals surface area contributed by atoms with Gasteiger partial charge < -0.3 is 15.5 Å². The Hall–Kier alpha value is -2.06. The fraction of sp³-hybridized carbons (Fsp3) is 0.706. The molecule has 1 aromatic rings. The molecule has 9 heteroatoms. The third-order valence-corrected chi connectivity index (χ3v) is 4.24. The van der Waals surface area contributed by atoms with Crippen molar-refractivity contribution in [3.63, 3.8) is 0 Å². The molecule has 0 amide bonds. The van der Waals surface area contributed by atoms with Crippen LogP contribution in [-0.4, -0.2) is 54.1 Å². The number of aromatic nitrogens is 2. The van der Waals surface area contributed by atoms with Crippen LogP contribution in [0.15, 0.2) is 17.3 Å². The summed E-state index contributed by atoms with van der Waals surface area (Å²) in [5.41, 5.74) is -0.952. The summed E-state index contributed by atoms with van der Waals surface area (Å²) in [6.45, 7) is 7.33. The molecule has 1 aromatic heterocycles. The molecule has 0 spiro atoms. The Balaban J connectivity index is 1.77. The van der Waals surface area contributed by atoms with E-state index < -0.39 is 11.9 Å². The molecule has 6 nitrogen and oxygen atoms in total. The molecule has 0 bridgehead atoms. The SMILES string of the molecule is CN=C(NCCNc1nccc(C(F)(F)F)n1)N1CCC(CC(C)C)C1. The van der Waals surface area contributed by atoms with Crippen LogP contribution in [0.5, 0.6) is 0 Å². The molecule has 1 aliphatic heterocycles. The van der Waals surface area contributed by atoms with Crippen molar-refractivity contribution < 1.29 is 13.2 Å². The molecule has 0 aliphatic carbocycles. The quantitative estimate of drug-likeness (QED) is 0.457. The lowest BCUT2D eigenvalue weighted by Gasteiger charge is -2.22. The minimum absolute atomic E-state index is 0.0326. The van der Waals surface area contributed by atoms with Crippen molar-refractivity contribution in [2.75, 3.05) is 38.5 Å². The van der Waals surface area contributed by atoms with Crippen molar-refractivity contribution in [3.8, 4) is 0 Å².